The summed E-state index contributed by atoms with van der Waals surface area (Å²) in [6.07, 6.45) is 10.1. The fourth-order valence-corrected chi connectivity index (χ4v) is 7.78. The van der Waals surface area contributed by atoms with Crippen molar-refractivity contribution in [2.75, 3.05) is 185 Å². The molecule has 3 aromatic carbocycles. The molecule has 73 heavy (non-hydrogen) atoms. The zero-order chi connectivity index (χ0) is 51.3. The third kappa shape index (κ3) is 29.8. The minimum absolute atomic E-state index is 0.0344. The van der Waals surface area contributed by atoms with E-state index in [1.807, 2.05) is 24.3 Å². The molecule has 0 spiro atoms. The molecule has 0 unspecified atom stereocenters. The number of likely N-dealkylation sites (N-methyl/N-ethyl adjacent to an activating group) is 1. The van der Waals surface area contributed by atoms with E-state index in [9.17, 15) is 4.79 Å². The number of amides is 1. The summed E-state index contributed by atoms with van der Waals surface area (Å²) >= 11 is 0. The summed E-state index contributed by atoms with van der Waals surface area (Å²) < 4.78 is 78.2. The average Bonchev–Trinajstić information content (AvgIpc) is 3.74. The molecule has 1 amide bonds. The summed E-state index contributed by atoms with van der Waals surface area (Å²) in [4.78, 5) is 14.2. The zero-order valence-electron chi connectivity index (χ0n) is 44.3. The van der Waals surface area contributed by atoms with Gasteiger partial charge in [-0.05, 0) is 52.8 Å². The number of rotatable bonds is 50. The Kier molecular flexibility index (Phi) is 36.8. The molecule has 0 saturated carbocycles. The Labute approximate surface area is 436 Å². The lowest BCUT2D eigenvalue weighted by atomic mass is 9.98. The highest BCUT2D eigenvalue weighted by Crippen LogP contribution is 2.44. The van der Waals surface area contributed by atoms with E-state index < -0.39 is 0 Å². The first-order chi connectivity index (χ1) is 36.2. The number of fused-ring (bicyclic) bond motifs is 3. The van der Waals surface area contributed by atoms with Gasteiger partial charge in [-0.2, -0.15) is 0 Å². The lowest BCUT2D eigenvalue weighted by Crippen LogP contribution is -2.32. The van der Waals surface area contributed by atoms with Gasteiger partial charge in [0.05, 0.1) is 159 Å². The van der Waals surface area contributed by atoms with Crippen LogP contribution in [-0.4, -0.2) is 196 Å². The summed E-state index contributed by atoms with van der Waals surface area (Å²) in [5.74, 6) is 0.916. The second kappa shape index (κ2) is 43.5. The van der Waals surface area contributed by atoms with E-state index in [0.717, 1.165) is 12.2 Å². The predicted molar refractivity (Wildman–Crippen MR) is 281 cm³/mol. The van der Waals surface area contributed by atoms with Gasteiger partial charge in [-0.15, -0.1) is 0 Å². The molecule has 16 nitrogen and oxygen atoms in total. The van der Waals surface area contributed by atoms with Gasteiger partial charge in [-0.25, -0.2) is 4.79 Å². The topological polar surface area (TPSA) is 150 Å². The van der Waals surface area contributed by atoms with Crippen LogP contribution in [0.3, 0.4) is 0 Å². The van der Waals surface area contributed by atoms with Gasteiger partial charge < -0.3 is 71.2 Å². The first-order valence-electron chi connectivity index (χ1n) is 26.9. The Morgan fingerprint density at radius 3 is 1.15 bits per heavy atom. The number of hydrogen-bond acceptors (Lipinski definition) is 15. The number of carbonyl (C=O) groups excluding carboxylic acids is 1. The summed E-state index contributed by atoms with van der Waals surface area (Å²) in [5.41, 5.74) is 6.17. The van der Waals surface area contributed by atoms with Gasteiger partial charge in [0.1, 0.15) is 19.0 Å². The molecular weight excluding hydrogens is 939 g/mol. The monoisotopic (exact) mass is 1030 g/mol. The van der Waals surface area contributed by atoms with E-state index in [2.05, 4.69) is 55.5 Å². The van der Waals surface area contributed by atoms with Crippen molar-refractivity contribution in [3.63, 3.8) is 0 Å². The van der Waals surface area contributed by atoms with Crippen molar-refractivity contribution in [3.05, 3.63) is 89.5 Å². The van der Waals surface area contributed by atoms with Gasteiger partial charge in [-0.3, -0.25) is 0 Å². The van der Waals surface area contributed by atoms with Crippen molar-refractivity contribution in [1.29, 1.82) is 0 Å². The van der Waals surface area contributed by atoms with Crippen LogP contribution in [0.25, 0.3) is 11.1 Å². The first-order valence-corrected chi connectivity index (χ1v) is 26.9. The predicted octanol–water partition coefficient (Wildman–Crippen LogP) is 8.44. The van der Waals surface area contributed by atoms with Gasteiger partial charge in [0.15, 0.2) is 0 Å². The van der Waals surface area contributed by atoms with Crippen LogP contribution in [0.5, 0.6) is 5.75 Å². The van der Waals surface area contributed by atoms with Crippen LogP contribution in [0.4, 0.5) is 4.79 Å². The third-order valence-electron chi connectivity index (χ3n) is 11.8. The molecule has 0 heterocycles. The molecule has 0 aromatic heterocycles. The number of benzene rings is 3. The van der Waals surface area contributed by atoms with Crippen LogP contribution < -0.4 is 4.74 Å². The molecule has 0 fully saturated rings. The highest BCUT2D eigenvalue weighted by atomic mass is 16.6. The molecular formula is C57H89NO15. The quantitative estimate of drug-likeness (QED) is 0.0498. The van der Waals surface area contributed by atoms with Gasteiger partial charge in [0.2, 0.25) is 0 Å². The van der Waals surface area contributed by atoms with Crippen molar-refractivity contribution < 1.29 is 71.1 Å². The van der Waals surface area contributed by atoms with Crippen LogP contribution in [-0.2, 0) is 68.0 Å². The van der Waals surface area contributed by atoms with Crippen LogP contribution in [0.1, 0.15) is 74.5 Å². The van der Waals surface area contributed by atoms with E-state index in [1.165, 1.54) is 77.7 Å². The van der Waals surface area contributed by atoms with E-state index >= 15 is 0 Å². The normalized spacial score (nSPS) is 12.1. The van der Waals surface area contributed by atoms with Gasteiger partial charge >= 0.3 is 6.09 Å². The van der Waals surface area contributed by atoms with Gasteiger partial charge in [-0.1, -0.05) is 106 Å². The highest BCUT2D eigenvalue weighted by Gasteiger charge is 2.29. The van der Waals surface area contributed by atoms with E-state index in [-0.39, 0.29) is 12.0 Å². The second-order valence-corrected chi connectivity index (χ2v) is 17.4. The number of ether oxygens (including phenoxy) is 14. The maximum Gasteiger partial charge on any atom is 0.409 e. The van der Waals surface area contributed by atoms with Crippen LogP contribution >= 0.6 is 0 Å². The van der Waals surface area contributed by atoms with E-state index in [4.69, 9.17) is 66.3 Å². The van der Waals surface area contributed by atoms with Gasteiger partial charge in [0.25, 0.3) is 0 Å². The molecule has 0 N–H and O–H groups in total. The van der Waals surface area contributed by atoms with Crippen molar-refractivity contribution in [3.8, 4) is 16.9 Å². The fourth-order valence-electron chi connectivity index (χ4n) is 7.78. The standard InChI is InChI=1S/C57H89NO15/c1-3-4-5-6-7-8-9-14-50-19-21-51(22-20-50)72-48-47-71-46-45-70-44-43-69-42-41-68-40-39-67-38-37-66-36-35-65-34-33-64-32-31-63-30-29-62-28-27-61-26-25-60-24-23-58(2)57(59)73-49-56-54-17-12-10-15-52(54)53-16-11-13-18-55(53)56/h10-13,15-22,56H,3-9,14,23-49H2,1-2H3. The Balaban J connectivity index is 0.757. The fraction of sp³-hybridized carbons (Fsp3) is 0.667. The average molecular weight is 1030 g/mol. The summed E-state index contributed by atoms with van der Waals surface area (Å²) in [5, 5.41) is 0. The number of hydrogen-bond donors (Lipinski definition) is 0. The second-order valence-electron chi connectivity index (χ2n) is 17.4. The number of unbranched alkanes of at least 4 members (excludes halogenated alkanes) is 6. The smallest absolute Gasteiger partial charge is 0.409 e. The van der Waals surface area contributed by atoms with Crippen LogP contribution in [0.2, 0.25) is 0 Å². The van der Waals surface area contributed by atoms with Crippen molar-refractivity contribution in [2.45, 2.75) is 64.2 Å². The maximum absolute atomic E-state index is 12.7. The largest absolute Gasteiger partial charge is 0.491 e. The number of aryl methyl sites for hydroxylation is 1. The van der Waals surface area contributed by atoms with Crippen LogP contribution in [0.15, 0.2) is 72.8 Å². The molecule has 1 aliphatic carbocycles. The Hall–Kier alpha value is -3.75. The summed E-state index contributed by atoms with van der Waals surface area (Å²) in [6, 6.07) is 25.0. The lowest BCUT2D eigenvalue weighted by Gasteiger charge is -2.19. The SMILES string of the molecule is CCCCCCCCCc1ccc(OCCOCCOCCOCCOCCOCCOCCOCCOCCOCCOCCOCCOCCN(C)C(=O)OCC2c3ccccc3-c3ccccc32)cc1. The zero-order valence-corrected chi connectivity index (χ0v) is 44.3. The molecule has 412 valence electrons. The molecule has 3 aromatic rings. The first kappa shape index (κ1) is 61.8. The molecule has 0 radical (unpaired) electrons. The highest BCUT2D eigenvalue weighted by molar-refractivity contribution is 5.79. The maximum atomic E-state index is 12.7. The summed E-state index contributed by atoms with van der Waals surface area (Å²) in [7, 11) is 1.72. The molecule has 0 bridgehead atoms. The Morgan fingerprint density at radius 2 is 0.753 bits per heavy atom. The number of carbonyl (C=O) groups is 1. The molecule has 1 aliphatic rings. The van der Waals surface area contributed by atoms with Crippen molar-refractivity contribution in [2.24, 2.45) is 0 Å². The van der Waals surface area contributed by atoms with E-state index in [0.29, 0.717) is 178 Å². The Morgan fingerprint density at radius 1 is 0.411 bits per heavy atom. The molecule has 0 atom stereocenters. The van der Waals surface area contributed by atoms with Crippen molar-refractivity contribution in [1.82, 2.24) is 4.90 Å². The van der Waals surface area contributed by atoms with E-state index in [1.54, 1.807) is 7.05 Å². The molecule has 4 rings (SSSR count). The van der Waals surface area contributed by atoms with Crippen LogP contribution in [0, 0.1) is 0 Å². The minimum atomic E-state index is -0.366. The summed E-state index contributed by atoms with van der Waals surface area (Å²) in [6.45, 7) is 15.1. The Bertz CT molecular complexity index is 1710. The molecule has 0 saturated heterocycles. The minimum Gasteiger partial charge on any atom is -0.491 e. The molecule has 0 aliphatic heterocycles. The lowest BCUT2D eigenvalue weighted by molar-refractivity contribution is -0.0286. The third-order valence-corrected chi connectivity index (χ3v) is 11.8. The van der Waals surface area contributed by atoms with Crippen molar-refractivity contribution >= 4 is 6.09 Å². The number of nitrogens with zero attached hydrogens (tertiary/aromatic N) is 1. The van der Waals surface area contributed by atoms with Gasteiger partial charge in [0, 0.05) is 19.5 Å². The molecule has 16 heteroatoms.